The van der Waals surface area contributed by atoms with Crippen molar-refractivity contribution < 1.29 is 0 Å². The molecule has 0 spiro atoms. The highest BCUT2D eigenvalue weighted by Gasteiger charge is 2.19. The molecule has 0 amide bonds. The van der Waals surface area contributed by atoms with Gasteiger partial charge in [0, 0.05) is 6.04 Å². The SMILES string of the molecule is CCCCCNC(c1ccccc1)C(CC)CC. The van der Waals surface area contributed by atoms with E-state index in [1.807, 2.05) is 0 Å². The van der Waals surface area contributed by atoms with E-state index in [0.717, 1.165) is 12.5 Å². The molecule has 1 nitrogen and oxygen atoms in total. The van der Waals surface area contributed by atoms with Crippen LogP contribution in [-0.4, -0.2) is 6.54 Å². The summed E-state index contributed by atoms with van der Waals surface area (Å²) in [6.07, 6.45) is 6.41. The highest BCUT2D eigenvalue weighted by molar-refractivity contribution is 5.19. The molecular formula is C17H29N. The van der Waals surface area contributed by atoms with Crippen LogP contribution in [0.1, 0.15) is 64.5 Å². The Bertz CT molecular complexity index is 290. The number of rotatable bonds is 9. The van der Waals surface area contributed by atoms with Crippen molar-refractivity contribution in [3.05, 3.63) is 35.9 Å². The summed E-state index contributed by atoms with van der Waals surface area (Å²) in [6, 6.07) is 11.4. The van der Waals surface area contributed by atoms with Crippen molar-refractivity contribution in [1.82, 2.24) is 5.32 Å². The van der Waals surface area contributed by atoms with Gasteiger partial charge in [0.1, 0.15) is 0 Å². The van der Waals surface area contributed by atoms with Gasteiger partial charge in [-0.15, -0.1) is 0 Å². The molecule has 102 valence electrons. The van der Waals surface area contributed by atoms with Crippen LogP contribution in [0.4, 0.5) is 0 Å². The lowest BCUT2D eigenvalue weighted by Gasteiger charge is -2.27. The minimum Gasteiger partial charge on any atom is -0.310 e. The normalized spacial score (nSPS) is 12.9. The van der Waals surface area contributed by atoms with Crippen LogP contribution >= 0.6 is 0 Å². The van der Waals surface area contributed by atoms with Crippen molar-refractivity contribution >= 4 is 0 Å². The van der Waals surface area contributed by atoms with E-state index in [1.54, 1.807) is 0 Å². The molecule has 1 atom stereocenters. The van der Waals surface area contributed by atoms with E-state index in [1.165, 1.54) is 37.7 Å². The molecule has 0 bridgehead atoms. The van der Waals surface area contributed by atoms with Gasteiger partial charge in [-0.2, -0.15) is 0 Å². The van der Waals surface area contributed by atoms with Crippen LogP contribution < -0.4 is 5.32 Å². The summed E-state index contributed by atoms with van der Waals surface area (Å²) in [7, 11) is 0. The van der Waals surface area contributed by atoms with E-state index in [0.29, 0.717) is 6.04 Å². The molecule has 0 aliphatic carbocycles. The van der Waals surface area contributed by atoms with Crippen LogP contribution in [0.3, 0.4) is 0 Å². The van der Waals surface area contributed by atoms with Gasteiger partial charge in [0.15, 0.2) is 0 Å². The number of benzene rings is 1. The molecule has 0 saturated carbocycles. The van der Waals surface area contributed by atoms with Crippen LogP contribution in [0.15, 0.2) is 30.3 Å². The third-order valence-corrected chi connectivity index (χ3v) is 3.82. The fourth-order valence-corrected chi connectivity index (χ4v) is 2.61. The zero-order valence-corrected chi connectivity index (χ0v) is 12.3. The Morgan fingerprint density at radius 2 is 1.61 bits per heavy atom. The number of hydrogen-bond donors (Lipinski definition) is 1. The Hall–Kier alpha value is -0.820. The smallest absolute Gasteiger partial charge is 0.0348 e. The zero-order chi connectivity index (χ0) is 13.2. The molecule has 0 aromatic heterocycles. The molecule has 0 fully saturated rings. The summed E-state index contributed by atoms with van der Waals surface area (Å²) in [6.45, 7) is 8.01. The number of nitrogens with one attached hydrogen (secondary N) is 1. The highest BCUT2D eigenvalue weighted by Crippen LogP contribution is 2.27. The summed E-state index contributed by atoms with van der Waals surface area (Å²) >= 11 is 0. The Balaban J connectivity index is 2.63. The average Bonchev–Trinajstić information content (AvgIpc) is 2.43. The van der Waals surface area contributed by atoms with Crippen LogP contribution in [0.25, 0.3) is 0 Å². The predicted molar refractivity (Wildman–Crippen MR) is 80.8 cm³/mol. The molecule has 0 saturated heterocycles. The Morgan fingerprint density at radius 1 is 0.944 bits per heavy atom. The average molecular weight is 247 g/mol. The van der Waals surface area contributed by atoms with Crippen LogP contribution in [0, 0.1) is 5.92 Å². The maximum Gasteiger partial charge on any atom is 0.0348 e. The second kappa shape index (κ2) is 9.16. The van der Waals surface area contributed by atoms with Crippen molar-refractivity contribution in [2.75, 3.05) is 6.54 Å². The second-order valence-electron chi connectivity index (χ2n) is 5.13. The van der Waals surface area contributed by atoms with Gasteiger partial charge in [0.2, 0.25) is 0 Å². The van der Waals surface area contributed by atoms with E-state index < -0.39 is 0 Å². The summed E-state index contributed by atoms with van der Waals surface area (Å²) in [5.74, 6) is 0.744. The third kappa shape index (κ3) is 4.81. The summed E-state index contributed by atoms with van der Waals surface area (Å²) in [4.78, 5) is 0. The van der Waals surface area contributed by atoms with Gasteiger partial charge in [-0.25, -0.2) is 0 Å². The monoisotopic (exact) mass is 247 g/mol. The molecule has 0 aliphatic rings. The van der Waals surface area contributed by atoms with Crippen molar-refractivity contribution in [2.24, 2.45) is 5.92 Å². The van der Waals surface area contributed by atoms with Crippen LogP contribution in [0.5, 0.6) is 0 Å². The van der Waals surface area contributed by atoms with Gasteiger partial charge in [-0.1, -0.05) is 76.8 Å². The maximum atomic E-state index is 3.77. The first-order chi connectivity index (χ1) is 8.83. The molecule has 1 unspecified atom stereocenters. The fourth-order valence-electron chi connectivity index (χ4n) is 2.61. The first-order valence-corrected chi connectivity index (χ1v) is 7.61. The molecule has 1 aromatic rings. The van der Waals surface area contributed by atoms with Gasteiger partial charge in [0.25, 0.3) is 0 Å². The molecular weight excluding hydrogens is 218 g/mol. The van der Waals surface area contributed by atoms with E-state index in [4.69, 9.17) is 0 Å². The van der Waals surface area contributed by atoms with Gasteiger partial charge < -0.3 is 5.32 Å². The Morgan fingerprint density at radius 3 is 2.17 bits per heavy atom. The minimum absolute atomic E-state index is 0.526. The molecule has 1 N–H and O–H groups in total. The number of unbranched alkanes of at least 4 members (excludes halogenated alkanes) is 2. The van der Waals surface area contributed by atoms with Crippen molar-refractivity contribution in [1.29, 1.82) is 0 Å². The minimum atomic E-state index is 0.526. The molecule has 0 heterocycles. The lowest BCUT2D eigenvalue weighted by Crippen LogP contribution is -2.28. The summed E-state index contributed by atoms with van der Waals surface area (Å²) < 4.78 is 0. The number of hydrogen-bond acceptors (Lipinski definition) is 1. The van der Waals surface area contributed by atoms with Crippen LogP contribution in [-0.2, 0) is 0 Å². The first kappa shape index (κ1) is 15.2. The van der Waals surface area contributed by atoms with E-state index >= 15 is 0 Å². The second-order valence-corrected chi connectivity index (χ2v) is 5.13. The third-order valence-electron chi connectivity index (χ3n) is 3.82. The van der Waals surface area contributed by atoms with Crippen molar-refractivity contribution in [2.45, 2.75) is 58.9 Å². The van der Waals surface area contributed by atoms with Crippen LogP contribution in [0.2, 0.25) is 0 Å². The highest BCUT2D eigenvalue weighted by atomic mass is 14.9. The molecule has 0 aliphatic heterocycles. The summed E-state index contributed by atoms with van der Waals surface area (Å²) in [5.41, 5.74) is 1.45. The lowest BCUT2D eigenvalue weighted by molar-refractivity contribution is 0.338. The molecule has 0 radical (unpaired) electrons. The molecule has 1 aromatic carbocycles. The predicted octanol–water partition coefficient (Wildman–Crippen LogP) is 4.94. The van der Waals surface area contributed by atoms with Gasteiger partial charge in [0.05, 0.1) is 0 Å². The zero-order valence-electron chi connectivity index (χ0n) is 12.3. The summed E-state index contributed by atoms with van der Waals surface area (Å²) in [5, 5.41) is 3.77. The van der Waals surface area contributed by atoms with E-state index in [-0.39, 0.29) is 0 Å². The van der Waals surface area contributed by atoms with Crippen molar-refractivity contribution in [3.63, 3.8) is 0 Å². The van der Waals surface area contributed by atoms with Crippen molar-refractivity contribution in [3.8, 4) is 0 Å². The van der Waals surface area contributed by atoms with E-state index in [9.17, 15) is 0 Å². The topological polar surface area (TPSA) is 12.0 Å². The Labute approximate surface area is 113 Å². The standard InChI is InChI=1S/C17H29N/c1-4-7-11-14-18-17(15(5-2)6-3)16-12-9-8-10-13-16/h8-10,12-13,15,17-18H,4-7,11,14H2,1-3H3. The lowest BCUT2D eigenvalue weighted by atomic mass is 9.89. The van der Waals surface area contributed by atoms with E-state index in [2.05, 4.69) is 56.4 Å². The largest absolute Gasteiger partial charge is 0.310 e. The molecule has 1 heteroatoms. The maximum absolute atomic E-state index is 3.77. The van der Waals surface area contributed by atoms with Gasteiger partial charge in [-0.3, -0.25) is 0 Å². The van der Waals surface area contributed by atoms with Gasteiger partial charge >= 0.3 is 0 Å². The Kier molecular flexibility index (Phi) is 7.75. The van der Waals surface area contributed by atoms with Gasteiger partial charge in [-0.05, 0) is 24.4 Å². The first-order valence-electron chi connectivity index (χ1n) is 7.61. The molecule has 18 heavy (non-hydrogen) atoms. The molecule has 1 rings (SSSR count). The fraction of sp³-hybridized carbons (Fsp3) is 0.647. The quantitative estimate of drug-likeness (QED) is 0.609.